The molecular weight excluding hydrogens is 315 g/mol. The molecule has 0 saturated heterocycles. The molecule has 0 spiro atoms. The molecule has 1 heterocycles. The number of guanidine groups is 1. The number of nitrogens with one attached hydrogen (secondary N) is 1. The van der Waals surface area contributed by atoms with Gasteiger partial charge in [-0.3, -0.25) is 5.41 Å². The Morgan fingerprint density at radius 3 is 2.56 bits per heavy atom. The first-order valence-corrected chi connectivity index (χ1v) is 6.50. The van der Waals surface area contributed by atoms with Crippen molar-refractivity contribution in [3.63, 3.8) is 0 Å². The number of amidine groups is 1. The van der Waals surface area contributed by atoms with Crippen molar-refractivity contribution >= 4 is 59.7 Å². The Morgan fingerprint density at radius 2 is 2.11 bits per heavy atom. The van der Waals surface area contributed by atoms with Gasteiger partial charge < -0.3 is 17.2 Å². The van der Waals surface area contributed by atoms with Crippen LogP contribution in [0.4, 0.5) is 0 Å². The molecule has 0 aliphatic heterocycles. The summed E-state index contributed by atoms with van der Waals surface area (Å²) in [6.45, 7) is 0. The third-order valence-corrected chi connectivity index (χ3v) is 3.33. The van der Waals surface area contributed by atoms with Gasteiger partial charge in [-0.1, -0.05) is 0 Å². The van der Waals surface area contributed by atoms with Gasteiger partial charge in [0, 0.05) is 17.6 Å². The van der Waals surface area contributed by atoms with Crippen LogP contribution in [-0.2, 0) is 0 Å². The van der Waals surface area contributed by atoms with E-state index in [0.717, 1.165) is 5.69 Å². The highest BCUT2D eigenvalue weighted by atomic mass is 35.5. The van der Waals surface area contributed by atoms with Crippen LogP contribution in [0.15, 0.2) is 15.9 Å². The molecule has 0 aromatic carbocycles. The lowest BCUT2D eigenvalue weighted by atomic mass is 10.5. The van der Waals surface area contributed by atoms with Gasteiger partial charge in [0.25, 0.3) is 0 Å². The smallest absolute Gasteiger partial charge is 0.187 e. The first kappa shape index (κ1) is 19.6. The van der Waals surface area contributed by atoms with Crippen molar-refractivity contribution < 1.29 is 0 Å². The summed E-state index contributed by atoms with van der Waals surface area (Å²) >= 11 is 3.00. The molecule has 0 aliphatic rings. The SMILES string of the molecule is Cl.Cl.N=C(N)CCSC(N=C(N)N)c1cscn1. The van der Waals surface area contributed by atoms with Crippen molar-refractivity contribution in [2.24, 2.45) is 22.2 Å². The highest BCUT2D eigenvalue weighted by Crippen LogP contribution is 2.30. The molecule has 0 bridgehead atoms. The van der Waals surface area contributed by atoms with Gasteiger partial charge in [-0.05, 0) is 0 Å². The molecule has 10 heteroatoms. The first-order chi connectivity index (χ1) is 7.59. The fourth-order valence-electron chi connectivity index (χ4n) is 0.949. The topological polar surface area (TPSA) is 127 Å². The van der Waals surface area contributed by atoms with Gasteiger partial charge in [-0.25, -0.2) is 9.98 Å². The van der Waals surface area contributed by atoms with Crippen LogP contribution >= 0.6 is 47.9 Å². The van der Waals surface area contributed by atoms with Gasteiger partial charge in [0.1, 0.15) is 5.37 Å². The lowest BCUT2D eigenvalue weighted by molar-refractivity contribution is 0.969. The maximum atomic E-state index is 7.12. The number of hydrogen-bond acceptors (Lipinski definition) is 5. The lowest BCUT2D eigenvalue weighted by Gasteiger charge is -2.09. The number of thiazole rings is 1. The van der Waals surface area contributed by atoms with Crippen molar-refractivity contribution in [3.8, 4) is 0 Å². The molecule has 0 fully saturated rings. The number of nitrogens with zero attached hydrogens (tertiary/aromatic N) is 2. The predicted octanol–water partition coefficient (Wildman–Crippen LogP) is 1.32. The average molecular weight is 331 g/mol. The van der Waals surface area contributed by atoms with E-state index in [4.69, 9.17) is 22.6 Å². The molecule has 1 atom stereocenters. The highest BCUT2D eigenvalue weighted by molar-refractivity contribution is 7.99. The number of hydrogen-bond donors (Lipinski definition) is 4. The van der Waals surface area contributed by atoms with Gasteiger partial charge in [0.2, 0.25) is 0 Å². The third kappa shape index (κ3) is 7.59. The zero-order valence-corrected chi connectivity index (χ0v) is 12.7. The number of halogens is 2. The molecule has 7 N–H and O–H groups in total. The molecule has 0 radical (unpaired) electrons. The van der Waals surface area contributed by atoms with E-state index in [-0.39, 0.29) is 42.0 Å². The monoisotopic (exact) mass is 330 g/mol. The van der Waals surface area contributed by atoms with Crippen molar-refractivity contribution in [1.29, 1.82) is 5.41 Å². The van der Waals surface area contributed by atoms with Crippen molar-refractivity contribution in [2.75, 3.05) is 5.75 Å². The van der Waals surface area contributed by atoms with Gasteiger partial charge in [0.05, 0.1) is 17.0 Å². The normalized spacial score (nSPS) is 10.7. The summed E-state index contributed by atoms with van der Waals surface area (Å²) in [6, 6.07) is 0. The average Bonchev–Trinajstić information content (AvgIpc) is 2.67. The summed E-state index contributed by atoms with van der Waals surface area (Å²) < 4.78 is 0. The van der Waals surface area contributed by atoms with Crippen LogP contribution in [0.1, 0.15) is 17.5 Å². The van der Waals surface area contributed by atoms with Crippen molar-refractivity contribution in [1.82, 2.24) is 4.98 Å². The fraction of sp³-hybridized carbons (Fsp3) is 0.375. The molecule has 0 saturated carbocycles. The van der Waals surface area contributed by atoms with E-state index in [2.05, 4.69) is 9.98 Å². The summed E-state index contributed by atoms with van der Waals surface area (Å²) in [5, 5.41) is 8.81. The number of aliphatic imine (C=N–C) groups is 1. The Labute approximate surface area is 126 Å². The number of nitrogens with two attached hydrogens (primary N) is 3. The summed E-state index contributed by atoms with van der Waals surface area (Å²) in [5.74, 6) is 0.886. The van der Waals surface area contributed by atoms with E-state index < -0.39 is 0 Å². The Balaban J connectivity index is 0. The van der Waals surface area contributed by atoms with Crippen LogP contribution in [0.25, 0.3) is 0 Å². The molecule has 1 aromatic rings. The summed E-state index contributed by atoms with van der Waals surface area (Å²) in [7, 11) is 0. The Hall–Kier alpha value is -0.700. The van der Waals surface area contributed by atoms with Gasteiger partial charge in [-0.2, -0.15) is 0 Å². The highest BCUT2D eigenvalue weighted by Gasteiger charge is 2.12. The first-order valence-electron chi connectivity index (χ1n) is 4.51. The van der Waals surface area contributed by atoms with Gasteiger partial charge >= 0.3 is 0 Å². The second-order valence-corrected chi connectivity index (χ2v) is 4.87. The summed E-state index contributed by atoms with van der Waals surface area (Å²) in [5.41, 5.74) is 18.5. The lowest BCUT2D eigenvalue weighted by Crippen LogP contribution is -2.23. The number of thioether (sulfide) groups is 1. The molecule has 1 rings (SSSR count). The van der Waals surface area contributed by atoms with E-state index in [1.807, 2.05) is 5.38 Å². The fourth-order valence-corrected chi connectivity index (χ4v) is 2.66. The van der Waals surface area contributed by atoms with Crippen LogP contribution < -0.4 is 17.2 Å². The zero-order chi connectivity index (χ0) is 12.0. The second-order valence-electron chi connectivity index (χ2n) is 2.97. The van der Waals surface area contributed by atoms with Crippen LogP contribution in [0.2, 0.25) is 0 Å². The van der Waals surface area contributed by atoms with E-state index in [9.17, 15) is 0 Å². The summed E-state index contributed by atoms with van der Waals surface area (Å²) in [6.07, 6.45) is 0.519. The number of aromatic nitrogens is 1. The Morgan fingerprint density at radius 1 is 1.44 bits per heavy atom. The maximum absolute atomic E-state index is 7.12. The van der Waals surface area contributed by atoms with Crippen LogP contribution in [0, 0.1) is 5.41 Å². The largest absolute Gasteiger partial charge is 0.388 e. The predicted molar refractivity (Wildman–Crippen MR) is 84.1 cm³/mol. The van der Waals surface area contributed by atoms with E-state index >= 15 is 0 Å². The zero-order valence-electron chi connectivity index (χ0n) is 9.41. The molecule has 1 aromatic heterocycles. The van der Waals surface area contributed by atoms with Crippen LogP contribution in [0.3, 0.4) is 0 Å². The molecule has 0 aliphatic carbocycles. The molecule has 6 nitrogen and oxygen atoms in total. The second kappa shape index (κ2) is 10.2. The van der Waals surface area contributed by atoms with Gasteiger partial charge in [-0.15, -0.1) is 47.9 Å². The Bertz CT molecular complexity index is 366. The van der Waals surface area contributed by atoms with E-state index in [1.54, 1.807) is 5.51 Å². The molecule has 104 valence electrons. The van der Waals surface area contributed by atoms with Crippen molar-refractivity contribution in [3.05, 3.63) is 16.6 Å². The minimum atomic E-state index is -0.212. The minimum absolute atomic E-state index is 0. The number of rotatable bonds is 6. The quantitative estimate of drug-likeness (QED) is 0.462. The van der Waals surface area contributed by atoms with Gasteiger partial charge in [0.15, 0.2) is 5.96 Å². The molecule has 1 unspecified atom stereocenters. The summed E-state index contributed by atoms with van der Waals surface area (Å²) in [4.78, 5) is 8.25. The Kier molecular flexibility index (Phi) is 11.2. The van der Waals surface area contributed by atoms with E-state index in [0.29, 0.717) is 12.2 Å². The third-order valence-electron chi connectivity index (χ3n) is 1.62. The standard InChI is InChI=1S/C8H14N6S2.2ClH/c9-6(10)1-2-16-7(14-8(11)12)5-3-15-4-13-5;;/h3-4,7H,1-2H2,(H3,9,10)(H4,11,12,14);2*1H. The maximum Gasteiger partial charge on any atom is 0.187 e. The van der Waals surface area contributed by atoms with Crippen molar-refractivity contribution in [2.45, 2.75) is 11.8 Å². The van der Waals surface area contributed by atoms with Crippen LogP contribution in [-0.4, -0.2) is 22.5 Å². The van der Waals surface area contributed by atoms with Crippen LogP contribution in [0.5, 0.6) is 0 Å². The van der Waals surface area contributed by atoms with E-state index in [1.165, 1.54) is 23.1 Å². The minimum Gasteiger partial charge on any atom is -0.388 e. The molecule has 0 amide bonds. The molecule has 18 heavy (non-hydrogen) atoms. The molecular formula is C8H16Cl2N6S2.